The molecule has 0 spiro atoms. The summed E-state index contributed by atoms with van der Waals surface area (Å²) in [4.78, 5) is 12.1. The summed E-state index contributed by atoms with van der Waals surface area (Å²) in [6.45, 7) is 3.03. The fourth-order valence-corrected chi connectivity index (χ4v) is 2.40. The first kappa shape index (κ1) is 16.6. The maximum atomic E-state index is 10.5. The SMILES string of the molecule is Cc1nc(C)nc(S(=O)(=O)O)n1.NC(=S)c1cccs1. The molecule has 0 fully saturated rings. The second kappa shape index (κ2) is 6.79. The van der Waals surface area contributed by atoms with Gasteiger partial charge in [-0.2, -0.15) is 8.42 Å². The molecule has 0 aliphatic heterocycles. The van der Waals surface area contributed by atoms with Crippen LogP contribution in [0, 0.1) is 13.8 Å². The van der Waals surface area contributed by atoms with Gasteiger partial charge in [-0.3, -0.25) is 4.55 Å². The third kappa shape index (κ3) is 5.25. The van der Waals surface area contributed by atoms with Gasteiger partial charge in [-0.25, -0.2) is 15.0 Å². The number of thiophene rings is 1. The summed E-state index contributed by atoms with van der Waals surface area (Å²) in [6.07, 6.45) is 0. The Morgan fingerprint density at radius 3 is 2.15 bits per heavy atom. The van der Waals surface area contributed by atoms with E-state index in [4.69, 9.17) is 22.5 Å². The first-order valence-electron chi connectivity index (χ1n) is 5.20. The van der Waals surface area contributed by atoms with Crippen molar-refractivity contribution in [2.24, 2.45) is 5.73 Å². The Morgan fingerprint density at radius 2 is 1.85 bits per heavy atom. The molecule has 0 bridgehead atoms. The lowest BCUT2D eigenvalue weighted by Crippen LogP contribution is -2.08. The molecule has 2 aromatic rings. The molecule has 10 heteroatoms. The summed E-state index contributed by atoms with van der Waals surface area (Å²) in [5.74, 6) is 0.519. The Morgan fingerprint density at radius 1 is 1.30 bits per heavy atom. The summed E-state index contributed by atoms with van der Waals surface area (Å²) in [7, 11) is -4.31. The van der Waals surface area contributed by atoms with Gasteiger partial charge in [-0.05, 0) is 25.3 Å². The molecule has 3 N–H and O–H groups in total. The van der Waals surface area contributed by atoms with Crippen molar-refractivity contribution in [3.8, 4) is 0 Å². The van der Waals surface area contributed by atoms with Gasteiger partial charge in [0, 0.05) is 0 Å². The molecule has 0 aliphatic carbocycles. The predicted molar refractivity (Wildman–Crippen MR) is 79.3 cm³/mol. The van der Waals surface area contributed by atoms with E-state index in [2.05, 4.69) is 15.0 Å². The van der Waals surface area contributed by atoms with Crippen molar-refractivity contribution in [1.82, 2.24) is 15.0 Å². The molecule has 0 aromatic carbocycles. The van der Waals surface area contributed by atoms with Gasteiger partial charge in [0.1, 0.15) is 16.6 Å². The maximum absolute atomic E-state index is 10.5. The van der Waals surface area contributed by atoms with E-state index in [0.29, 0.717) is 4.99 Å². The predicted octanol–water partition coefficient (Wildman–Crippen LogP) is 1.12. The van der Waals surface area contributed by atoms with Crippen LogP contribution in [0.2, 0.25) is 0 Å². The second-order valence-electron chi connectivity index (χ2n) is 3.53. The highest BCUT2D eigenvalue weighted by Gasteiger charge is 2.14. The van der Waals surface area contributed by atoms with Crippen molar-refractivity contribution in [3.63, 3.8) is 0 Å². The van der Waals surface area contributed by atoms with E-state index < -0.39 is 15.3 Å². The highest BCUT2D eigenvalue weighted by atomic mass is 32.2. The zero-order chi connectivity index (χ0) is 15.3. The molecule has 2 rings (SSSR count). The summed E-state index contributed by atoms with van der Waals surface area (Å²) in [5.41, 5.74) is 5.30. The summed E-state index contributed by atoms with van der Waals surface area (Å²) >= 11 is 6.27. The van der Waals surface area contributed by atoms with Crippen LogP contribution >= 0.6 is 23.6 Å². The van der Waals surface area contributed by atoms with Gasteiger partial charge < -0.3 is 5.73 Å². The Kier molecular flexibility index (Phi) is 5.62. The number of thiocarbonyl (C=S) groups is 1. The smallest absolute Gasteiger partial charge is 0.330 e. The number of nitrogens with zero attached hydrogens (tertiary/aromatic N) is 3. The van der Waals surface area contributed by atoms with E-state index in [9.17, 15) is 8.42 Å². The molecule has 108 valence electrons. The number of hydrogen-bond donors (Lipinski definition) is 2. The van der Waals surface area contributed by atoms with Gasteiger partial charge in [0.2, 0.25) is 0 Å². The van der Waals surface area contributed by atoms with E-state index >= 15 is 0 Å². The Balaban J connectivity index is 0.000000217. The van der Waals surface area contributed by atoms with E-state index in [1.54, 1.807) is 11.3 Å². The highest BCUT2D eigenvalue weighted by molar-refractivity contribution is 7.85. The number of hydrogen-bond acceptors (Lipinski definition) is 7. The quantitative estimate of drug-likeness (QED) is 0.620. The van der Waals surface area contributed by atoms with Crippen molar-refractivity contribution in [3.05, 3.63) is 34.0 Å². The van der Waals surface area contributed by atoms with Crippen LogP contribution in [0.1, 0.15) is 16.5 Å². The van der Waals surface area contributed by atoms with Gasteiger partial charge in [-0.1, -0.05) is 18.3 Å². The standard InChI is InChI=1S/C5H7N3O3S.C5H5NS2/c1-3-6-4(2)8-5(7-3)12(9,10)11;6-5(7)4-2-1-3-8-4/h1-2H3,(H,9,10,11);1-3H,(H2,6,7). The van der Waals surface area contributed by atoms with Crippen LogP contribution < -0.4 is 5.73 Å². The molecule has 20 heavy (non-hydrogen) atoms. The van der Waals surface area contributed by atoms with Crippen molar-refractivity contribution in [2.45, 2.75) is 19.0 Å². The van der Waals surface area contributed by atoms with E-state index in [1.807, 2.05) is 17.5 Å². The first-order valence-corrected chi connectivity index (χ1v) is 7.93. The molecule has 0 aliphatic rings. The second-order valence-corrected chi connectivity index (χ2v) is 6.23. The molecule has 0 unspecified atom stereocenters. The average molecular weight is 332 g/mol. The summed E-state index contributed by atoms with van der Waals surface area (Å²) in [6, 6.07) is 3.84. The van der Waals surface area contributed by atoms with Crippen LogP contribution in [-0.4, -0.2) is 32.9 Å². The Bertz CT molecular complexity index is 678. The van der Waals surface area contributed by atoms with Crippen molar-refractivity contribution in [2.75, 3.05) is 0 Å². The maximum Gasteiger partial charge on any atom is 0.330 e. The highest BCUT2D eigenvalue weighted by Crippen LogP contribution is 2.06. The largest absolute Gasteiger partial charge is 0.389 e. The van der Waals surface area contributed by atoms with E-state index in [0.717, 1.165) is 4.88 Å². The van der Waals surface area contributed by atoms with Gasteiger partial charge in [0.25, 0.3) is 5.16 Å². The molecule has 0 saturated heterocycles. The minimum absolute atomic E-state index is 0.259. The minimum Gasteiger partial charge on any atom is -0.389 e. The lowest BCUT2D eigenvalue weighted by molar-refractivity contribution is 0.472. The third-order valence-electron chi connectivity index (χ3n) is 1.83. The molecule has 0 amide bonds. The molecule has 0 radical (unpaired) electrons. The monoisotopic (exact) mass is 332 g/mol. The summed E-state index contributed by atoms with van der Waals surface area (Å²) in [5, 5.41) is 1.35. The molecule has 2 aromatic heterocycles. The van der Waals surface area contributed by atoms with Crippen molar-refractivity contribution < 1.29 is 13.0 Å². The van der Waals surface area contributed by atoms with Gasteiger partial charge in [0.15, 0.2) is 0 Å². The van der Waals surface area contributed by atoms with E-state index in [1.165, 1.54) is 13.8 Å². The number of rotatable bonds is 2. The van der Waals surface area contributed by atoms with Crippen molar-refractivity contribution in [1.29, 1.82) is 0 Å². The van der Waals surface area contributed by atoms with Crippen LogP contribution in [0.4, 0.5) is 0 Å². The molecule has 0 atom stereocenters. The van der Waals surface area contributed by atoms with Crippen LogP contribution in [0.15, 0.2) is 22.7 Å². The fourth-order valence-electron chi connectivity index (χ4n) is 1.12. The molecule has 0 saturated carbocycles. The Labute approximate surface area is 125 Å². The van der Waals surface area contributed by atoms with Gasteiger partial charge in [-0.15, -0.1) is 11.3 Å². The molecular weight excluding hydrogens is 320 g/mol. The van der Waals surface area contributed by atoms with Crippen LogP contribution in [-0.2, 0) is 10.1 Å². The van der Waals surface area contributed by atoms with Crippen molar-refractivity contribution >= 4 is 38.7 Å². The lowest BCUT2D eigenvalue weighted by Gasteiger charge is -1.97. The third-order valence-corrected chi connectivity index (χ3v) is 3.73. The number of aryl methyl sites for hydroxylation is 2. The lowest BCUT2D eigenvalue weighted by atomic mass is 10.5. The number of aromatic nitrogens is 3. The minimum atomic E-state index is -4.31. The average Bonchev–Trinajstić information content (AvgIpc) is 2.80. The van der Waals surface area contributed by atoms with Gasteiger partial charge >= 0.3 is 10.1 Å². The zero-order valence-electron chi connectivity index (χ0n) is 10.6. The topological polar surface area (TPSA) is 119 Å². The normalized spacial score (nSPS) is 10.6. The fraction of sp³-hybridized carbons (Fsp3) is 0.200. The molecule has 2 heterocycles. The van der Waals surface area contributed by atoms with Crippen LogP contribution in [0.3, 0.4) is 0 Å². The number of nitrogens with two attached hydrogens (primary N) is 1. The molecular formula is C10H12N4O3S3. The van der Waals surface area contributed by atoms with Crippen LogP contribution in [0.5, 0.6) is 0 Å². The van der Waals surface area contributed by atoms with Gasteiger partial charge in [0.05, 0.1) is 4.88 Å². The zero-order valence-corrected chi connectivity index (χ0v) is 13.1. The Hall–Kier alpha value is -1.49. The molecule has 7 nitrogen and oxygen atoms in total. The van der Waals surface area contributed by atoms with Crippen LogP contribution in [0.25, 0.3) is 0 Å². The first-order chi connectivity index (χ1) is 9.20. The van der Waals surface area contributed by atoms with E-state index in [-0.39, 0.29) is 11.6 Å². The summed E-state index contributed by atoms with van der Waals surface area (Å²) < 4.78 is 29.6.